The number of benzene rings is 3. The Morgan fingerprint density at radius 3 is 2.30 bits per heavy atom. The molecular weight excluding hydrogens is 441 g/mol. The lowest BCUT2D eigenvalue weighted by Crippen LogP contribution is -2.27. The summed E-state index contributed by atoms with van der Waals surface area (Å²) in [5.74, 6) is 1.75. The fourth-order valence-electron chi connectivity index (χ4n) is 3.25. The highest BCUT2D eigenvalue weighted by Crippen LogP contribution is 2.44. The number of carbonyl (C=O) groups excluding carboxylic acids is 1. The van der Waals surface area contributed by atoms with Crippen LogP contribution < -0.4 is 14.4 Å². The second kappa shape index (κ2) is 9.21. The van der Waals surface area contributed by atoms with Crippen LogP contribution in [0.3, 0.4) is 0 Å². The van der Waals surface area contributed by atoms with Crippen molar-refractivity contribution in [3.63, 3.8) is 0 Å². The SMILES string of the molecule is COc1cc([C@@H]2SCC(=O)N2c2ccc(Cl)cc2)ccc1OCc1ccc(Cl)cc1. The van der Waals surface area contributed by atoms with Gasteiger partial charge in [-0.3, -0.25) is 9.69 Å². The van der Waals surface area contributed by atoms with Gasteiger partial charge in [0.25, 0.3) is 0 Å². The maximum absolute atomic E-state index is 12.6. The molecule has 0 aliphatic carbocycles. The minimum absolute atomic E-state index is 0.0642. The Balaban J connectivity index is 1.56. The third-order valence-electron chi connectivity index (χ3n) is 4.75. The van der Waals surface area contributed by atoms with Crippen molar-refractivity contribution in [2.24, 2.45) is 0 Å². The molecule has 1 atom stereocenters. The van der Waals surface area contributed by atoms with Crippen molar-refractivity contribution in [2.45, 2.75) is 12.0 Å². The number of ether oxygens (including phenoxy) is 2. The predicted octanol–water partition coefficient (Wildman–Crippen LogP) is 6.36. The summed E-state index contributed by atoms with van der Waals surface area (Å²) in [6, 6.07) is 20.6. The zero-order valence-electron chi connectivity index (χ0n) is 16.2. The lowest BCUT2D eigenvalue weighted by atomic mass is 10.1. The summed E-state index contributed by atoms with van der Waals surface area (Å²) in [4.78, 5) is 14.4. The van der Waals surface area contributed by atoms with Gasteiger partial charge in [-0.25, -0.2) is 0 Å². The second-order valence-electron chi connectivity index (χ2n) is 6.73. The van der Waals surface area contributed by atoms with Gasteiger partial charge in [-0.15, -0.1) is 11.8 Å². The van der Waals surface area contributed by atoms with Crippen LogP contribution >= 0.6 is 35.0 Å². The first-order valence-electron chi connectivity index (χ1n) is 9.29. The highest BCUT2D eigenvalue weighted by Gasteiger charge is 2.34. The summed E-state index contributed by atoms with van der Waals surface area (Å²) >= 11 is 13.5. The van der Waals surface area contributed by atoms with Gasteiger partial charge in [0, 0.05) is 15.7 Å². The van der Waals surface area contributed by atoms with Gasteiger partial charge in [0.05, 0.1) is 12.9 Å². The summed E-state index contributed by atoms with van der Waals surface area (Å²) in [6.45, 7) is 0.403. The number of hydrogen-bond donors (Lipinski definition) is 0. The van der Waals surface area contributed by atoms with E-state index in [0.717, 1.165) is 16.8 Å². The molecule has 3 aromatic carbocycles. The summed E-state index contributed by atoms with van der Waals surface area (Å²) in [7, 11) is 1.61. The monoisotopic (exact) mass is 459 g/mol. The maximum Gasteiger partial charge on any atom is 0.238 e. The van der Waals surface area contributed by atoms with Gasteiger partial charge in [0.2, 0.25) is 5.91 Å². The van der Waals surface area contributed by atoms with Crippen LogP contribution in [0.15, 0.2) is 66.7 Å². The van der Waals surface area contributed by atoms with Crippen LogP contribution in [0.5, 0.6) is 11.5 Å². The molecule has 1 aliphatic rings. The molecule has 154 valence electrons. The molecular formula is C23H19Cl2NO3S. The Kier molecular flexibility index (Phi) is 6.42. The van der Waals surface area contributed by atoms with E-state index in [0.29, 0.717) is 33.9 Å². The number of rotatable bonds is 6. The Morgan fingerprint density at radius 1 is 0.967 bits per heavy atom. The standard InChI is InChI=1S/C23H19Cl2NO3S/c1-28-21-12-16(4-11-20(21)29-13-15-2-5-17(24)6-3-15)23-26(22(27)14-30-23)19-9-7-18(25)8-10-19/h2-12,23H,13-14H2,1H3/t23-/m0/s1. The molecule has 0 bridgehead atoms. The van der Waals surface area contributed by atoms with Crippen molar-refractivity contribution in [3.05, 3.63) is 87.9 Å². The minimum atomic E-state index is -0.141. The van der Waals surface area contributed by atoms with Gasteiger partial charge >= 0.3 is 0 Å². The fourth-order valence-corrected chi connectivity index (χ4v) is 4.67. The molecule has 3 aromatic rings. The van der Waals surface area contributed by atoms with Crippen molar-refractivity contribution in [1.82, 2.24) is 0 Å². The Morgan fingerprint density at radius 2 is 1.63 bits per heavy atom. The Labute approximate surface area is 189 Å². The first-order chi connectivity index (χ1) is 14.5. The lowest BCUT2D eigenvalue weighted by molar-refractivity contribution is -0.115. The van der Waals surface area contributed by atoms with E-state index in [2.05, 4.69) is 0 Å². The van der Waals surface area contributed by atoms with E-state index in [1.54, 1.807) is 35.9 Å². The molecule has 4 rings (SSSR count). The molecule has 0 spiro atoms. The number of halogens is 2. The van der Waals surface area contributed by atoms with E-state index in [1.807, 2.05) is 54.6 Å². The lowest BCUT2D eigenvalue weighted by Gasteiger charge is -2.25. The number of amides is 1. The van der Waals surface area contributed by atoms with Crippen LogP contribution in [0.2, 0.25) is 10.0 Å². The van der Waals surface area contributed by atoms with E-state index in [9.17, 15) is 4.79 Å². The van der Waals surface area contributed by atoms with Crippen LogP contribution in [0.25, 0.3) is 0 Å². The summed E-state index contributed by atoms with van der Waals surface area (Å²) in [5, 5.41) is 1.19. The predicted molar refractivity (Wildman–Crippen MR) is 123 cm³/mol. The van der Waals surface area contributed by atoms with Gasteiger partial charge in [-0.05, 0) is 59.7 Å². The number of hydrogen-bond acceptors (Lipinski definition) is 4. The molecule has 1 aliphatic heterocycles. The topological polar surface area (TPSA) is 38.8 Å². The van der Waals surface area contributed by atoms with Gasteiger partial charge in [-0.2, -0.15) is 0 Å². The highest BCUT2D eigenvalue weighted by atomic mass is 35.5. The molecule has 1 fully saturated rings. The quantitative estimate of drug-likeness (QED) is 0.429. The molecule has 1 amide bonds. The van der Waals surface area contributed by atoms with Crippen molar-refractivity contribution < 1.29 is 14.3 Å². The molecule has 0 unspecified atom stereocenters. The normalized spacial score (nSPS) is 16.0. The molecule has 1 heterocycles. The maximum atomic E-state index is 12.6. The number of nitrogens with zero attached hydrogens (tertiary/aromatic N) is 1. The summed E-state index contributed by atoms with van der Waals surface area (Å²) < 4.78 is 11.5. The minimum Gasteiger partial charge on any atom is -0.493 e. The van der Waals surface area contributed by atoms with Crippen molar-refractivity contribution in [3.8, 4) is 11.5 Å². The molecule has 0 N–H and O–H groups in total. The molecule has 0 aromatic heterocycles. The number of carbonyl (C=O) groups is 1. The molecule has 1 saturated heterocycles. The number of methoxy groups -OCH3 is 1. The highest BCUT2D eigenvalue weighted by molar-refractivity contribution is 8.00. The van der Waals surface area contributed by atoms with Gasteiger partial charge in [-0.1, -0.05) is 41.4 Å². The average molecular weight is 460 g/mol. The molecule has 4 nitrogen and oxygen atoms in total. The van der Waals surface area contributed by atoms with E-state index in [4.69, 9.17) is 32.7 Å². The molecule has 0 saturated carbocycles. The zero-order valence-corrected chi connectivity index (χ0v) is 18.5. The summed E-state index contributed by atoms with van der Waals surface area (Å²) in [5.41, 5.74) is 2.80. The fraction of sp³-hybridized carbons (Fsp3) is 0.174. The van der Waals surface area contributed by atoms with Crippen LogP contribution in [0, 0.1) is 0 Å². The third-order valence-corrected chi connectivity index (χ3v) is 6.47. The number of anilines is 1. The van der Waals surface area contributed by atoms with Crippen LogP contribution in [0.1, 0.15) is 16.5 Å². The van der Waals surface area contributed by atoms with Crippen molar-refractivity contribution in [2.75, 3.05) is 17.8 Å². The number of thioether (sulfide) groups is 1. The zero-order chi connectivity index (χ0) is 21.1. The first-order valence-corrected chi connectivity index (χ1v) is 11.1. The van der Waals surface area contributed by atoms with E-state index in [1.165, 1.54) is 0 Å². The van der Waals surface area contributed by atoms with Crippen molar-refractivity contribution >= 4 is 46.6 Å². The third kappa shape index (κ3) is 4.53. The molecule has 7 heteroatoms. The summed E-state index contributed by atoms with van der Waals surface area (Å²) in [6.07, 6.45) is 0. The largest absolute Gasteiger partial charge is 0.493 e. The van der Waals surface area contributed by atoms with Gasteiger partial charge in [0.15, 0.2) is 11.5 Å². The van der Waals surface area contributed by atoms with Crippen LogP contribution in [-0.2, 0) is 11.4 Å². The van der Waals surface area contributed by atoms with Gasteiger partial charge in [0.1, 0.15) is 12.0 Å². The van der Waals surface area contributed by atoms with E-state index < -0.39 is 0 Å². The Bertz CT molecular complexity index is 1040. The molecule has 30 heavy (non-hydrogen) atoms. The average Bonchev–Trinajstić information content (AvgIpc) is 3.15. The smallest absolute Gasteiger partial charge is 0.238 e. The van der Waals surface area contributed by atoms with Crippen molar-refractivity contribution in [1.29, 1.82) is 0 Å². The van der Waals surface area contributed by atoms with Crippen LogP contribution in [0.4, 0.5) is 5.69 Å². The Hall–Kier alpha value is -2.34. The molecule has 0 radical (unpaired) electrons. The van der Waals surface area contributed by atoms with E-state index >= 15 is 0 Å². The second-order valence-corrected chi connectivity index (χ2v) is 8.67. The van der Waals surface area contributed by atoms with Crippen LogP contribution in [-0.4, -0.2) is 18.8 Å². The first kappa shape index (κ1) is 20.9. The van der Waals surface area contributed by atoms with E-state index in [-0.39, 0.29) is 11.3 Å². The van der Waals surface area contributed by atoms with Gasteiger partial charge < -0.3 is 9.47 Å².